The van der Waals surface area contributed by atoms with E-state index in [1.165, 1.54) is 5.57 Å². The second-order valence-corrected chi connectivity index (χ2v) is 3.04. The first-order valence-electron chi connectivity index (χ1n) is 4.15. The lowest BCUT2D eigenvalue weighted by atomic mass is 10.2. The SMILES string of the molecule is C/C=C\C(=C/C)Cn1cn[nH]c1=S. The first-order chi connectivity index (χ1) is 6.27. The van der Waals surface area contributed by atoms with Crippen LogP contribution in [0.1, 0.15) is 13.8 Å². The summed E-state index contributed by atoms with van der Waals surface area (Å²) >= 11 is 5.03. The number of aromatic amines is 1. The highest BCUT2D eigenvalue weighted by Crippen LogP contribution is 2.01. The van der Waals surface area contributed by atoms with Crippen molar-refractivity contribution in [3.8, 4) is 0 Å². The van der Waals surface area contributed by atoms with E-state index in [0.29, 0.717) is 4.77 Å². The van der Waals surface area contributed by atoms with Crippen LogP contribution < -0.4 is 0 Å². The number of aromatic nitrogens is 3. The minimum atomic E-state index is 0.656. The largest absolute Gasteiger partial charge is 0.302 e. The molecule has 3 nitrogen and oxygen atoms in total. The van der Waals surface area contributed by atoms with Crippen LogP contribution >= 0.6 is 12.2 Å². The van der Waals surface area contributed by atoms with Gasteiger partial charge in [-0.15, -0.1) is 0 Å². The van der Waals surface area contributed by atoms with Gasteiger partial charge < -0.3 is 4.57 Å². The molecule has 0 aliphatic rings. The zero-order chi connectivity index (χ0) is 9.68. The van der Waals surface area contributed by atoms with Gasteiger partial charge in [0.25, 0.3) is 0 Å². The van der Waals surface area contributed by atoms with E-state index in [4.69, 9.17) is 12.2 Å². The third-order valence-corrected chi connectivity index (χ3v) is 2.05. The lowest BCUT2D eigenvalue weighted by Crippen LogP contribution is -1.97. The Hall–Kier alpha value is -1.16. The Morgan fingerprint density at radius 3 is 2.92 bits per heavy atom. The lowest BCUT2D eigenvalue weighted by Gasteiger charge is -2.01. The summed E-state index contributed by atoms with van der Waals surface area (Å²) in [6.07, 6.45) is 7.85. The molecule has 1 aromatic heterocycles. The summed E-state index contributed by atoms with van der Waals surface area (Å²) in [7, 11) is 0. The Morgan fingerprint density at radius 1 is 1.69 bits per heavy atom. The molecule has 0 radical (unpaired) electrons. The molecule has 0 saturated heterocycles. The molecule has 0 aromatic carbocycles. The Kier molecular flexibility index (Phi) is 3.64. The standard InChI is InChI=1S/C9H13N3S/c1-3-5-8(4-2)6-12-7-10-11-9(12)13/h3-5,7H,6H2,1-2H3,(H,11,13)/b5-3-,8-4+. The fourth-order valence-electron chi connectivity index (χ4n) is 1.03. The Labute approximate surface area is 82.8 Å². The summed E-state index contributed by atoms with van der Waals surface area (Å²) in [4.78, 5) is 0. The molecule has 0 aliphatic carbocycles. The number of H-pyrrole nitrogens is 1. The number of nitrogens with zero attached hydrogens (tertiary/aromatic N) is 2. The third-order valence-electron chi connectivity index (χ3n) is 1.72. The fourth-order valence-corrected chi connectivity index (χ4v) is 1.20. The molecule has 70 valence electrons. The first-order valence-corrected chi connectivity index (χ1v) is 4.56. The van der Waals surface area contributed by atoms with Crippen molar-refractivity contribution < 1.29 is 0 Å². The Morgan fingerprint density at radius 2 is 2.46 bits per heavy atom. The van der Waals surface area contributed by atoms with E-state index in [0.717, 1.165) is 6.54 Å². The predicted octanol–water partition coefficient (Wildman–Crippen LogP) is 2.46. The van der Waals surface area contributed by atoms with Gasteiger partial charge in [-0.2, -0.15) is 5.10 Å². The zero-order valence-electron chi connectivity index (χ0n) is 7.82. The van der Waals surface area contributed by atoms with Crippen LogP contribution in [-0.4, -0.2) is 14.8 Å². The van der Waals surface area contributed by atoms with Crippen molar-refractivity contribution in [1.29, 1.82) is 0 Å². The van der Waals surface area contributed by atoms with Gasteiger partial charge in [-0.05, 0) is 31.6 Å². The van der Waals surface area contributed by atoms with Crippen LogP contribution in [0.25, 0.3) is 0 Å². The van der Waals surface area contributed by atoms with Crippen molar-refractivity contribution in [3.63, 3.8) is 0 Å². The number of hydrogen-bond acceptors (Lipinski definition) is 2. The Bertz CT molecular complexity index is 370. The molecule has 0 atom stereocenters. The van der Waals surface area contributed by atoms with E-state index in [-0.39, 0.29) is 0 Å². The van der Waals surface area contributed by atoms with Gasteiger partial charge in [0.05, 0.1) is 6.54 Å². The maximum Gasteiger partial charge on any atom is 0.195 e. The van der Waals surface area contributed by atoms with Crippen molar-refractivity contribution >= 4 is 12.2 Å². The molecule has 0 unspecified atom stereocenters. The molecular formula is C9H13N3S. The van der Waals surface area contributed by atoms with Crippen LogP contribution in [0.4, 0.5) is 0 Å². The van der Waals surface area contributed by atoms with Gasteiger partial charge in [-0.25, -0.2) is 0 Å². The zero-order valence-corrected chi connectivity index (χ0v) is 8.64. The molecule has 1 heterocycles. The molecule has 0 aliphatic heterocycles. The van der Waals surface area contributed by atoms with Crippen molar-refractivity contribution in [2.75, 3.05) is 0 Å². The number of hydrogen-bond donors (Lipinski definition) is 1. The predicted molar refractivity (Wildman–Crippen MR) is 56.0 cm³/mol. The third kappa shape index (κ3) is 2.66. The maximum absolute atomic E-state index is 5.03. The molecule has 1 N–H and O–H groups in total. The van der Waals surface area contributed by atoms with Crippen LogP contribution in [0.15, 0.2) is 30.1 Å². The van der Waals surface area contributed by atoms with Crippen LogP contribution in [0, 0.1) is 4.77 Å². The summed E-state index contributed by atoms with van der Waals surface area (Å²) in [5, 5.41) is 6.57. The van der Waals surface area contributed by atoms with Gasteiger partial charge in [0.1, 0.15) is 6.33 Å². The van der Waals surface area contributed by atoms with Gasteiger partial charge in [0.2, 0.25) is 0 Å². The minimum absolute atomic E-state index is 0.656. The van der Waals surface area contributed by atoms with Crippen LogP contribution in [0.3, 0.4) is 0 Å². The second-order valence-electron chi connectivity index (χ2n) is 2.65. The minimum Gasteiger partial charge on any atom is -0.302 e. The van der Waals surface area contributed by atoms with E-state index in [1.807, 2.05) is 24.5 Å². The normalized spacial score (nSPS) is 12.6. The topological polar surface area (TPSA) is 33.6 Å². The summed E-state index contributed by atoms with van der Waals surface area (Å²) in [5.41, 5.74) is 1.22. The molecule has 0 fully saturated rings. The van der Waals surface area contributed by atoms with Gasteiger partial charge in [-0.1, -0.05) is 18.2 Å². The highest BCUT2D eigenvalue weighted by atomic mass is 32.1. The Balaban J connectivity index is 2.79. The molecule has 4 heteroatoms. The van der Waals surface area contributed by atoms with Crippen molar-refractivity contribution in [3.05, 3.63) is 34.9 Å². The molecule has 0 spiro atoms. The molecule has 1 rings (SSSR count). The highest BCUT2D eigenvalue weighted by molar-refractivity contribution is 7.71. The monoisotopic (exact) mass is 195 g/mol. The maximum atomic E-state index is 5.03. The van der Waals surface area contributed by atoms with Crippen LogP contribution in [0.2, 0.25) is 0 Å². The summed E-state index contributed by atoms with van der Waals surface area (Å²) in [5.74, 6) is 0. The summed E-state index contributed by atoms with van der Waals surface area (Å²) in [6, 6.07) is 0. The van der Waals surface area contributed by atoms with E-state index in [2.05, 4.69) is 22.3 Å². The van der Waals surface area contributed by atoms with Crippen LogP contribution in [-0.2, 0) is 6.54 Å². The van der Waals surface area contributed by atoms with E-state index in [9.17, 15) is 0 Å². The van der Waals surface area contributed by atoms with E-state index in [1.54, 1.807) is 6.33 Å². The van der Waals surface area contributed by atoms with Crippen LogP contribution in [0.5, 0.6) is 0 Å². The fraction of sp³-hybridized carbons (Fsp3) is 0.333. The molecule has 0 amide bonds. The molecule has 13 heavy (non-hydrogen) atoms. The highest BCUT2D eigenvalue weighted by Gasteiger charge is 1.95. The molecule has 1 aromatic rings. The van der Waals surface area contributed by atoms with Gasteiger partial charge in [0, 0.05) is 0 Å². The average Bonchev–Trinajstić information content (AvgIpc) is 2.51. The van der Waals surface area contributed by atoms with E-state index < -0.39 is 0 Å². The number of rotatable bonds is 3. The van der Waals surface area contributed by atoms with Crippen molar-refractivity contribution in [1.82, 2.24) is 14.8 Å². The van der Waals surface area contributed by atoms with Gasteiger partial charge in [0.15, 0.2) is 4.77 Å². The number of allylic oxidation sites excluding steroid dienone is 4. The van der Waals surface area contributed by atoms with E-state index >= 15 is 0 Å². The number of nitrogens with one attached hydrogen (secondary N) is 1. The quantitative estimate of drug-likeness (QED) is 0.593. The summed E-state index contributed by atoms with van der Waals surface area (Å²) in [6.45, 7) is 4.79. The van der Waals surface area contributed by atoms with Gasteiger partial charge >= 0.3 is 0 Å². The molecular weight excluding hydrogens is 182 g/mol. The first kappa shape index (κ1) is 9.92. The van der Waals surface area contributed by atoms with Gasteiger partial charge in [-0.3, -0.25) is 5.10 Å². The molecule has 0 saturated carbocycles. The van der Waals surface area contributed by atoms with Crippen molar-refractivity contribution in [2.24, 2.45) is 0 Å². The van der Waals surface area contributed by atoms with Crippen molar-refractivity contribution in [2.45, 2.75) is 20.4 Å². The lowest BCUT2D eigenvalue weighted by molar-refractivity contribution is 0.780. The average molecular weight is 195 g/mol. The second kappa shape index (κ2) is 4.77. The summed E-state index contributed by atoms with van der Waals surface area (Å²) < 4.78 is 2.55. The molecule has 0 bridgehead atoms. The smallest absolute Gasteiger partial charge is 0.195 e.